The van der Waals surface area contributed by atoms with Crippen molar-refractivity contribution in [2.75, 3.05) is 6.61 Å². The fourth-order valence-electron chi connectivity index (χ4n) is 1.39. The fourth-order valence-corrected chi connectivity index (χ4v) is 1.39. The number of hydrogen-bond acceptors (Lipinski definition) is 4. The highest BCUT2D eigenvalue weighted by molar-refractivity contribution is 6.25. The largest absolute Gasteiger partial charge is 0.512 e. The van der Waals surface area contributed by atoms with Crippen molar-refractivity contribution in [2.45, 2.75) is 13.8 Å². The maximum atomic E-state index is 12.8. The highest BCUT2D eigenvalue weighted by atomic mass is 19.1. The molecule has 0 fully saturated rings. The molecule has 0 amide bonds. The van der Waals surface area contributed by atoms with Crippen LogP contribution in [0.4, 0.5) is 4.39 Å². The number of halogens is 1. The van der Waals surface area contributed by atoms with Crippen molar-refractivity contribution in [3.8, 4) is 0 Å². The third-order valence-corrected chi connectivity index (χ3v) is 2.22. The number of aliphatic hydroxyl groups excluding tert-OH is 1. The van der Waals surface area contributed by atoms with E-state index in [0.29, 0.717) is 5.56 Å². The quantitative estimate of drug-likeness (QED) is 0.374. The Hall–Kier alpha value is -2.17. The normalized spacial score (nSPS) is 11.7. The van der Waals surface area contributed by atoms with Gasteiger partial charge in [-0.1, -0.05) is 0 Å². The number of allylic oxidation sites excluding steroid dienone is 1. The second-order valence-electron chi connectivity index (χ2n) is 3.56. The lowest BCUT2D eigenvalue weighted by atomic mass is 10.0. The van der Waals surface area contributed by atoms with E-state index in [0.717, 1.165) is 0 Å². The van der Waals surface area contributed by atoms with Gasteiger partial charge in [-0.3, -0.25) is 5.41 Å². The molecule has 1 aromatic carbocycles. The van der Waals surface area contributed by atoms with Crippen LogP contribution in [0.25, 0.3) is 0 Å². The van der Waals surface area contributed by atoms with Crippen LogP contribution < -0.4 is 0 Å². The molecular weight excluding hydrogens is 237 g/mol. The van der Waals surface area contributed by atoms with Gasteiger partial charge in [-0.15, -0.1) is 0 Å². The molecule has 2 N–H and O–H groups in total. The topological polar surface area (TPSA) is 70.4 Å². The van der Waals surface area contributed by atoms with Crippen LogP contribution in [0.1, 0.15) is 19.4 Å². The zero-order chi connectivity index (χ0) is 13.7. The highest BCUT2D eigenvalue weighted by Crippen LogP contribution is 2.14. The van der Waals surface area contributed by atoms with Gasteiger partial charge in [-0.05, 0) is 38.1 Å². The third-order valence-electron chi connectivity index (χ3n) is 2.22. The van der Waals surface area contributed by atoms with Crippen LogP contribution in [0.3, 0.4) is 0 Å². The van der Waals surface area contributed by atoms with E-state index in [9.17, 15) is 14.3 Å². The van der Waals surface area contributed by atoms with Crippen LogP contribution in [-0.4, -0.2) is 23.4 Å². The van der Waals surface area contributed by atoms with Gasteiger partial charge < -0.3 is 9.84 Å². The lowest BCUT2D eigenvalue weighted by Crippen LogP contribution is -2.18. The summed E-state index contributed by atoms with van der Waals surface area (Å²) in [5, 5.41) is 17.3. The molecule has 96 valence electrons. The summed E-state index contributed by atoms with van der Waals surface area (Å²) >= 11 is 0. The lowest BCUT2D eigenvalue weighted by molar-refractivity contribution is -0.138. The maximum absolute atomic E-state index is 12.8. The van der Waals surface area contributed by atoms with Crippen molar-refractivity contribution in [3.05, 3.63) is 47.0 Å². The number of nitrogens with one attached hydrogen (secondary N) is 1. The molecule has 5 heteroatoms. The summed E-state index contributed by atoms with van der Waals surface area (Å²) in [7, 11) is 0. The summed E-state index contributed by atoms with van der Waals surface area (Å²) in [4.78, 5) is 11.6. The number of benzene rings is 1. The average Bonchev–Trinajstić information content (AvgIpc) is 2.29. The smallest absolute Gasteiger partial charge is 0.343 e. The first-order valence-electron chi connectivity index (χ1n) is 5.39. The second-order valence-corrected chi connectivity index (χ2v) is 3.56. The number of hydrogen-bond donors (Lipinski definition) is 2. The van der Waals surface area contributed by atoms with Gasteiger partial charge >= 0.3 is 5.97 Å². The molecule has 0 heterocycles. The van der Waals surface area contributed by atoms with Crippen molar-refractivity contribution in [1.82, 2.24) is 0 Å². The number of esters is 1. The van der Waals surface area contributed by atoms with Crippen LogP contribution in [0.2, 0.25) is 0 Å². The first-order valence-corrected chi connectivity index (χ1v) is 5.39. The molecular formula is C13H14FNO3. The van der Waals surface area contributed by atoms with E-state index in [1.165, 1.54) is 31.2 Å². The number of carbonyl (C=O) groups excluding carboxylic acids is 1. The van der Waals surface area contributed by atoms with Gasteiger partial charge in [0.05, 0.1) is 12.3 Å². The van der Waals surface area contributed by atoms with Crippen molar-refractivity contribution < 1.29 is 19.0 Å². The molecule has 0 atom stereocenters. The van der Waals surface area contributed by atoms with Crippen LogP contribution >= 0.6 is 0 Å². The van der Waals surface area contributed by atoms with Crippen molar-refractivity contribution >= 4 is 11.7 Å². The minimum absolute atomic E-state index is 0.145. The summed E-state index contributed by atoms with van der Waals surface area (Å²) in [6.45, 7) is 3.07. The van der Waals surface area contributed by atoms with Gasteiger partial charge in [0.1, 0.15) is 17.1 Å². The Morgan fingerprint density at radius 3 is 2.39 bits per heavy atom. The zero-order valence-corrected chi connectivity index (χ0v) is 10.2. The minimum Gasteiger partial charge on any atom is -0.512 e. The Morgan fingerprint density at radius 1 is 1.39 bits per heavy atom. The molecule has 0 bridgehead atoms. The molecule has 0 radical (unpaired) electrons. The van der Waals surface area contributed by atoms with Gasteiger partial charge in [0, 0.05) is 5.56 Å². The van der Waals surface area contributed by atoms with E-state index in [4.69, 9.17) is 10.1 Å². The highest BCUT2D eigenvalue weighted by Gasteiger charge is 2.20. The summed E-state index contributed by atoms with van der Waals surface area (Å²) in [5.74, 6) is -1.51. The molecule has 1 aromatic rings. The summed E-state index contributed by atoms with van der Waals surface area (Å²) in [6, 6.07) is 5.08. The molecule has 0 aliphatic heterocycles. The molecule has 0 aromatic heterocycles. The average molecular weight is 251 g/mol. The van der Waals surface area contributed by atoms with E-state index in [1.54, 1.807) is 6.92 Å². The second kappa shape index (κ2) is 5.95. The van der Waals surface area contributed by atoms with Gasteiger partial charge in [0.15, 0.2) is 0 Å². The van der Waals surface area contributed by atoms with Crippen LogP contribution in [0, 0.1) is 11.2 Å². The number of aliphatic hydroxyl groups is 1. The monoisotopic (exact) mass is 251 g/mol. The molecule has 0 aliphatic rings. The minimum atomic E-state index is -0.771. The SMILES string of the molecule is CCOC(=O)/C(C(=N)c1ccc(F)cc1)=C(/C)O. The Morgan fingerprint density at radius 2 is 1.94 bits per heavy atom. The van der Waals surface area contributed by atoms with Gasteiger partial charge in [-0.25, -0.2) is 9.18 Å². The van der Waals surface area contributed by atoms with Gasteiger partial charge in [0.25, 0.3) is 0 Å². The number of ether oxygens (including phenoxy) is 1. The van der Waals surface area contributed by atoms with E-state index in [1.807, 2.05) is 0 Å². The first-order chi connectivity index (χ1) is 8.47. The van der Waals surface area contributed by atoms with Crippen LogP contribution in [-0.2, 0) is 9.53 Å². The Kier molecular flexibility index (Phi) is 4.59. The maximum Gasteiger partial charge on any atom is 0.343 e. The van der Waals surface area contributed by atoms with Crippen molar-refractivity contribution in [3.63, 3.8) is 0 Å². The molecule has 0 spiro atoms. The number of rotatable bonds is 4. The van der Waals surface area contributed by atoms with Crippen LogP contribution in [0.15, 0.2) is 35.6 Å². The van der Waals surface area contributed by atoms with Gasteiger partial charge in [0.2, 0.25) is 0 Å². The summed E-state index contributed by atoms with van der Waals surface area (Å²) in [5.41, 5.74) is -0.0928. The molecule has 0 saturated heterocycles. The van der Waals surface area contributed by atoms with E-state index >= 15 is 0 Å². The predicted octanol–water partition coefficient (Wildman–Crippen LogP) is 2.59. The van der Waals surface area contributed by atoms with Crippen molar-refractivity contribution in [1.29, 1.82) is 5.41 Å². The Bertz CT molecular complexity index is 487. The van der Waals surface area contributed by atoms with E-state index < -0.39 is 11.8 Å². The summed E-state index contributed by atoms with van der Waals surface area (Å²) in [6.07, 6.45) is 0. The molecule has 1 rings (SSSR count). The molecule has 18 heavy (non-hydrogen) atoms. The fraction of sp³-hybridized carbons (Fsp3) is 0.231. The molecule has 0 saturated carbocycles. The summed E-state index contributed by atoms with van der Waals surface area (Å²) < 4.78 is 17.5. The molecule has 0 unspecified atom stereocenters. The van der Waals surface area contributed by atoms with Crippen molar-refractivity contribution in [2.24, 2.45) is 0 Å². The first kappa shape index (κ1) is 13.9. The Balaban J connectivity index is 3.09. The van der Waals surface area contributed by atoms with E-state index in [-0.39, 0.29) is 23.7 Å². The number of carbonyl (C=O) groups is 1. The molecule has 0 aliphatic carbocycles. The zero-order valence-electron chi connectivity index (χ0n) is 10.2. The lowest BCUT2D eigenvalue weighted by Gasteiger charge is -2.09. The van der Waals surface area contributed by atoms with E-state index in [2.05, 4.69) is 0 Å². The standard InChI is InChI=1S/C13H14FNO3/c1-3-18-13(17)11(8(2)16)12(15)9-4-6-10(14)7-5-9/h4-7,15-16H,3H2,1-2H3/b11-8-,15-12?. The Labute approximate surface area is 104 Å². The molecule has 4 nitrogen and oxygen atoms in total. The van der Waals surface area contributed by atoms with Crippen LogP contribution in [0.5, 0.6) is 0 Å². The predicted molar refractivity (Wildman–Crippen MR) is 65.2 cm³/mol. The van der Waals surface area contributed by atoms with Gasteiger partial charge in [-0.2, -0.15) is 0 Å². The third kappa shape index (κ3) is 3.16.